The average molecular weight is 529 g/mol. The monoisotopic (exact) mass is 528 g/mol. The van der Waals surface area contributed by atoms with E-state index in [0.29, 0.717) is 16.6 Å². The van der Waals surface area contributed by atoms with E-state index in [1.807, 2.05) is 0 Å². The first kappa shape index (κ1) is 24.3. The van der Waals surface area contributed by atoms with Gasteiger partial charge in [-0.15, -0.1) is 11.3 Å². The molecule has 4 rings (SSSR count). The van der Waals surface area contributed by atoms with Gasteiger partial charge in [-0.3, -0.25) is 35.8 Å². The van der Waals surface area contributed by atoms with Crippen LogP contribution in [0, 0.1) is 20.2 Å². The van der Waals surface area contributed by atoms with Gasteiger partial charge in [-0.2, -0.15) is 0 Å². The second kappa shape index (κ2) is 10.2. The molecule has 4 N–H and O–H groups in total. The third-order valence-electron chi connectivity index (χ3n) is 4.52. The van der Waals surface area contributed by atoms with Crippen LogP contribution in [0.4, 0.5) is 39.5 Å². The quantitative estimate of drug-likeness (QED) is 0.169. The molecule has 0 unspecified atom stereocenters. The minimum Gasteiger partial charge on any atom is -0.331 e. The van der Waals surface area contributed by atoms with Crippen LogP contribution in [-0.2, 0) is 10.0 Å². The number of nitro benzene ring substituents is 2. The molecule has 36 heavy (non-hydrogen) atoms. The first-order valence-electron chi connectivity index (χ1n) is 9.92. The van der Waals surface area contributed by atoms with Crippen molar-refractivity contribution < 1.29 is 18.3 Å². The van der Waals surface area contributed by atoms with Crippen LogP contribution in [0.15, 0.2) is 77.1 Å². The van der Waals surface area contributed by atoms with Crippen molar-refractivity contribution in [2.24, 2.45) is 0 Å². The Morgan fingerprint density at radius 2 is 1.67 bits per heavy atom. The molecule has 0 aliphatic carbocycles. The fourth-order valence-corrected chi connectivity index (χ4v) is 4.58. The Morgan fingerprint density at radius 3 is 2.39 bits per heavy atom. The highest BCUT2D eigenvalue weighted by Gasteiger charge is 2.19. The highest BCUT2D eigenvalue weighted by atomic mass is 32.2. The number of aromatic nitrogens is 2. The fourth-order valence-electron chi connectivity index (χ4n) is 2.89. The Labute approximate surface area is 207 Å². The second-order valence-corrected chi connectivity index (χ2v) is 9.52. The summed E-state index contributed by atoms with van der Waals surface area (Å²) in [5.74, 6) is 0.417. The van der Waals surface area contributed by atoms with E-state index < -0.39 is 31.2 Å². The van der Waals surface area contributed by atoms with E-state index in [2.05, 4.69) is 30.9 Å². The molecule has 2 heterocycles. The van der Waals surface area contributed by atoms with Crippen LogP contribution in [0.3, 0.4) is 0 Å². The number of rotatable bonds is 10. The molecular formula is C20H16N8O6S2. The highest BCUT2D eigenvalue weighted by molar-refractivity contribution is 7.92. The van der Waals surface area contributed by atoms with Crippen LogP contribution >= 0.6 is 11.3 Å². The summed E-state index contributed by atoms with van der Waals surface area (Å²) >= 11 is 1.21. The molecule has 184 valence electrons. The van der Waals surface area contributed by atoms with E-state index in [-0.39, 0.29) is 16.4 Å². The number of nitro groups is 2. The summed E-state index contributed by atoms with van der Waals surface area (Å²) in [5, 5.41) is 27.2. The lowest BCUT2D eigenvalue weighted by Crippen LogP contribution is -2.13. The first-order valence-corrected chi connectivity index (χ1v) is 12.3. The van der Waals surface area contributed by atoms with Crippen LogP contribution < -0.4 is 20.9 Å². The maximum Gasteiger partial charge on any atom is 0.300 e. The summed E-state index contributed by atoms with van der Waals surface area (Å²) in [5.41, 5.74) is 4.96. The van der Waals surface area contributed by atoms with Gasteiger partial charge in [0.1, 0.15) is 11.5 Å². The predicted molar refractivity (Wildman–Crippen MR) is 134 cm³/mol. The van der Waals surface area contributed by atoms with Gasteiger partial charge in [0.2, 0.25) is 0 Å². The number of hydrogen-bond acceptors (Lipinski definition) is 12. The summed E-state index contributed by atoms with van der Waals surface area (Å²) in [6.07, 6.45) is 1.42. The molecule has 2 aromatic carbocycles. The van der Waals surface area contributed by atoms with Crippen molar-refractivity contribution in [2.75, 3.05) is 20.9 Å². The average Bonchev–Trinajstić information content (AvgIpc) is 3.30. The maximum absolute atomic E-state index is 12.5. The lowest BCUT2D eigenvalue weighted by atomic mass is 10.2. The Hall–Kier alpha value is -4.83. The normalized spacial score (nSPS) is 10.9. The van der Waals surface area contributed by atoms with Crippen molar-refractivity contribution in [1.82, 2.24) is 9.97 Å². The third-order valence-corrected chi connectivity index (χ3v) is 6.65. The number of non-ortho nitro benzene ring substituents is 1. The lowest BCUT2D eigenvalue weighted by Gasteiger charge is -2.09. The molecular weight excluding hydrogens is 512 g/mol. The molecule has 0 atom stereocenters. The number of benzene rings is 2. The summed E-state index contributed by atoms with van der Waals surface area (Å²) in [6.45, 7) is 0. The molecule has 0 amide bonds. The number of nitrogens with zero attached hydrogens (tertiary/aromatic N) is 4. The SMILES string of the molecule is O=[N+]([O-])c1ccc(NNc2csc(Nc3ccnc(NS(=O)(=O)c4ccccc4)c3)n2)c([N+](=O)[O-])c1. The van der Waals surface area contributed by atoms with Gasteiger partial charge in [0.05, 0.1) is 20.8 Å². The van der Waals surface area contributed by atoms with Crippen molar-refractivity contribution in [2.45, 2.75) is 4.90 Å². The Kier molecular flexibility index (Phi) is 6.88. The standard InChI is InChI=1S/C20H16N8O6S2/c29-27(30)14-6-7-16(17(11-14)28(31)32)24-25-19-12-35-20(23-19)22-13-8-9-21-18(10-13)26-36(33,34)15-4-2-1-3-5-15/h1-12,24-25H,(H2,21,22,23,26). The zero-order chi connectivity index (χ0) is 25.7. The number of hydrogen-bond donors (Lipinski definition) is 4. The van der Waals surface area contributed by atoms with Gasteiger partial charge in [-0.25, -0.2) is 18.4 Å². The molecule has 0 bridgehead atoms. The van der Waals surface area contributed by atoms with E-state index >= 15 is 0 Å². The van der Waals surface area contributed by atoms with Gasteiger partial charge in [0.15, 0.2) is 10.9 Å². The predicted octanol–water partition coefficient (Wildman–Crippen LogP) is 4.34. The van der Waals surface area contributed by atoms with Gasteiger partial charge in [-0.05, 0) is 24.3 Å². The fraction of sp³-hybridized carbons (Fsp3) is 0. The molecule has 2 aromatic heterocycles. The summed E-state index contributed by atoms with van der Waals surface area (Å²) in [7, 11) is -3.81. The third kappa shape index (κ3) is 5.80. The topological polar surface area (TPSA) is 194 Å². The number of thiazole rings is 1. The van der Waals surface area contributed by atoms with E-state index in [4.69, 9.17) is 0 Å². The van der Waals surface area contributed by atoms with Gasteiger partial charge in [0.25, 0.3) is 15.7 Å². The Morgan fingerprint density at radius 1 is 0.889 bits per heavy atom. The molecule has 0 saturated heterocycles. The zero-order valence-electron chi connectivity index (χ0n) is 18.0. The molecule has 0 aliphatic heterocycles. The van der Waals surface area contributed by atoms with Crippen molar-refractivity contribution in [3.8, 4) is 0 Å². The van der Waals surface area contributed by atoms with Gasteiger partial charge >= 0.3 is 5.69 Å². The number of pyridine rings is 1. The largest absolute Gasteiger partial charge is 0.331 e. The van der Waals surface area contributed by atoms with Gasteiger partial charge in [-0.1, -0.05) is 18.2 Å². The molecule has 0 saturated carbocycles. The first-order chi connectivity index (χ1) is 17.2. The second-order valence-electron chi connectivity index (χ2n) is 6.98. The highest BCUT2D eigenvalue weighted by Crippen LogP contribution is 2.30. The summed E-state index contributed by atoms with van der Waals surface area (Å²) in [6, 6.07) is 14.2. The number of hydrazine groups is 1. The molecule has 14 nitrogen and oxygen atoms in total. The van der Waals surface area contributed by atoms with E-state index in [0.717, 1.165) is 12.1 Å². The Balaban J connectivity index is 1.42. The Bertz CT molecular complexity index is 1530. The minimum atomic E-state index is -3.81. The van der Waals surface area contributed by atoms with Crippen molar-refractivity contribution in [1.29, 1.82) is 0 Å². The smallest absolute Gasteiger partial charge is 0.300 e. The number of sulfonamides is 1. The molecule has 0 fully saturated rings. The minimum absolute atomic E-state index is 0.0117. The van der Waals surface area contributed by atoms with Crippen LogP contribution in [0.1, 0.15) is 0 Å². The van der Waals surface area contributed by atoms with Crippen LogP contribution in [0.2, 0.25) is 0 Å². The number of nitrogens with one attached hydrogen (secondary N) is 4. The molecule has 16 heteroatoms. The van der Waals surface area contributed by atoms with Crippen molar-refractivity contribution in [3.63, 3.8) is 0 Å². The maximum atomic E-state index is 12.5. The number of anilines is 5. The van der Waals surface area contributed by atoms with E-state index in [9.17, 15) is 28.6 Å². The van der Waals surface area contributed by atoms with E-state index in [1.165, 1.54) is 41.8 Å². The molecule has 0 spiro atoms. The lowest BCUT2D eigenvalue weighted by molar-refractivity contribution is -0.393. The summed E-state index contributed by atoms with van der Waals surface area (Å²) in [4.78, 5) is 29.1. The van der Waals surface area contributed by atoms with Crippen LogP contribution in [-0.4, -0.2) is 28.2 Å². The molecule has 0 radical (unpaired) electrons. The van der Waals surface area contributed by atoms with E-state index in [1.54, 1.807) is 29.6 Å². The van der Waals surface area contributed by atoms with Crippen molar-refractivity contribution >= 4 is 60.9 Å². The molecule has 4 aromatic rings. The summed E-state index contributed by atoms with van der Waals surface area (Å²) < 4.78 is 27.4. The van der Waals surface area contributed by atoms with Gasteiger partial charge < -0.3 is 5.32 Å². The van der Waals surface area contributed by atoms with Gasteiger partial charge in [0, 0.05) is 29.4 Å². The van der Waals surface area contributed by atoms with Crippen LogP contribution in [0.5, 0.6) is 0 Å². The molecule has 0 aliphatic rings. The van der Waals surface area contributed by atoms with Crippen molar-refractivity contribution in [3.05, 3.63) is 92.5 Å². The zero-order valence-corrected chi connectivity index (χ0v) is 19.6. The van der Waals surface area contributed by atoms with Crippen LogP contribution in [0.25, 0.3) is 0 Å².